The van der Waals surface area contributed by atoms with Gasteiger partial charge in [0.05, 0.1) is 25.4 Å². The normalized spacial score (nSPS) is 24.1. The number of rotatable bonds is 26. The molecule has 1 saturated heterocycles. The maximum absolute atomic E-state index is 12.2. The van der Waals surface area contributed by atoms with E-state index in [0.717, 1.165) is 19.3 Å². The number of carbonyl (C=O) groups is 1. The molecule has 0 aromatic rings. The van der Waals surface area contributed by atoms with E-state index in [0.29, 0.717) is 6.42 Å². The first-order chi connectivity index (χ1) is 20.8. The highest BCUT2D eigenvalue weighted by atomic mass is 16.7. The fraction of sp³-hybridized carbons (Fsp3) is 0.853. The number of allylic oxidation sites excluding steroid dienone is 3. The average molecular weight is 614 g/mol. The Morgan fingerprint density at radius 3 is 1.91 bits per heavy atom. The Morgan fingerprint density at radius 1 is 0.767 bits per heavy atom. The highest BCUT2D eigenvalue weighted by Crippen LogP contribution is 2.22. The van der Waals surface area contributed by atoms with Crippen LogP contribution in [0, 0.1) is 0 Å². The Kier molecular flexibility index (Phi) is 23.9. The standard InChI is InChI=1S/C34H63NO8/c1-3-5-6-7-8-9-10-11-12-13-14-15-16-17-18-19-20-21-22-24-28(37)27(35-30(38)23-4-2)26-42-34-33(41)32(40)31(39)29(25-36)43-34/h18-19,22,24,27-29,31-34,36-37,39-41H,3-17,20-21,23,25-26H2,1-2H3,(H,35,38)/b19-18+,24-22+. The molecule has 9 heteroatoms. The van der Waals surface area contributed by atoms with Crippen molar-refractivity contribution in [2.24, 2.45) is 0 Å². The second kappa shape index (κ2) is 25.9. The highest BCUT2D eigenvalue weighted by Gasteiger charge is 2.44. The van der Waals surface area contributed by atoms with Gasteiger partial charge in [0.2, 0.25) is 5.91 Å². The van der Waals surface area contributed by atoms with Gasteiger partial charge >= 0.3 is 0 Å². The molecule has 0 aliphatic carbocycles. The van der Waals surface area contributed by atoms with Crippen molar-refractivity contribution in [3.05, 3.63) is 24.3 Å². The van der Waals surface area contributed by atoms with Crippen LogP contribution in [0.25, 0.3) is 0 Å². The molecule has 0 aromatic carbocycles. The number of ether oxygens (including phenoxy) is 2. The van der Waals surface area contributed by atoms with Crippen molar-refractivity contribution in [2.75, 3.05) is 13.2 Å². The molecule has 0 spiro atoms. The Morgan fingerprint density at radius 2 is 1.33 bits per heavy atom. The summed E-state index contributed by atoms with van der Waals surface area (Å²) < 4.78 is 10.9. The lowest BCUT2D eigenvalue weighted by atomic mass is 9.99. The molecule has 1 rings (SSSR count). The van der Waals surface area contributed by atoms with Gasteiger partial charge in [-0.25, -0.2) is 0 Å². The van der Waals surface area contributed by atoms with Crippen molar-refractivity contribution in [3.63, 3.8) is 0 Å². The summed E-state index contributed by atoms with van der Waals surface area (Å²) in [4.78, 5) is 12.2. The maximum Gasteiger partial charge on any atom is 0.220 e. The van der Waals surface area contributed by atoms with Gasteiger partial charge in [0.15, 0.2) is 6.29 Å². The van der Waals surface area contributed by atoms with Crippen LogP contribution in [0.2, 0.25) is 0 Å². The third-order valence-corrected chi connectivity index (χ3v) is 8.00. The fourth-order valence-electron chi connectivity index (χ4n) is 5.21. The van der Waals surface area contributed by atoms with E-state index in [4.69, 9.17) is 9.47 Å². The first-order valence-electron chi connectivity index (χ1n) is 17.1. The predicted molar refractivity (Wildman–Crippen MR) is 170 cm³/mol. The van der Waals surface area contributed by atoms with Crippen LogP contribution in [0.15, 0.2) is 24.3 Å². The van der Waals surface area contributed by atoms with E-state index in [1.165, 1.54) is 83.5 Å². The first-order valence-corrected chi connectivity index (χ1v) is 17.1. The van der Waals surface area contributed by atoms with Gasteiger partial charge < -0.3 is 40.3 Å². The van der Waals surface area contributed by atoms with Gasteiger partial charge in [-0.15, -0.1) is 0 Å². The van der Waals surface area contributed by atoms with Crippen molar-refractivity contribution < 1.29 is 39.8 Å². The van der Waals surface area contributed by atoms with Gasteiger partial charge in [0.1, 0.15) is 24.4 Å². The number of unbranched alkanes of at least 4 members (excludes halogenated alkanes) is 14. The molecule has 0 bridgehead atoms. The minimum Gasteiger partial charge on any atom is -0.394 e. The van der Waals surface area contributed by atoms with Gasteiger partial charge in [-0.05, 0) is 32.1 Å². The van der Waals surface area contributed by atoms with Gasteiger partial charge in [-0.1, -0.05) is 115 Å². The zero-order valence-corrected chi connectivity index (χ0v) is 27.0. The minimum atomic E-state index is -1.56. The third-order valence-electron chi connectivity index (χ3n) is 8.00. The summed E-state index contributed by atoms with van der Waals surface area (Å²) in [5.74, 6) is -0.242. The molecule has 1 aliphatic heterocycles. The van der Waals surface area contributed by atoms with Gasteiger partial charge in [0.25, 0.3) is 0 Å². The molecular weight excluding hydrogens is 550 g/mol. The first kappa shape index (κ1) is 39.7. The SMILES string of the molecule is CCCCCCCCCCCCCCC/C=C/CC/C=C/C(O)C(COC1OC(CO)C(O)C(O)C1O)NC(=O)CCC. The van der Waals surface area contributed by atoms with Crippen molar-refractivity contribution in [1.82, 2.24) is 5.32 Å². The summed E-state index contributed by atoms with van der Waals surface area (Å²) in [5, 5.41) is 53.0. The van der Waals surface area contributed by atoms with Gasteiger partial charge in [-0.2, -0.15) is 0 Å². The number of nitrogens with one attached hydrogen (secondary N) is 1. The lowest BCUT2D eigenvalue weighted by Crippen LogP contribution is -2.60. The van der Waals surface area contributed by atoms with Crippen LogP contribution in [0.3, 0.4) is 0 Å². The van der Waals surface area contributed by atoms with Gasteiger partial charge in [0, 0.05) is 6.42 Å². The number of aliphatic hydroxyl groups is 5. The van der Waals surface area contributed by atoms with E-state index in [2.05, 4.69) is 24.4 Å². The molecule has 0 aromatic heterocycles. The van der Waals surface area contributed by atoms with E-state index in [1.54, 1.807) is 6.08 Å². The molecule has 0 saturated carbocycles. The molecule has 1 amide bonds. The van der Waals surface area contributed by atoms with Crippen LogP contribution in [-0.2, 0) is 14.3 Å². The van der Waals surface area contributed by atoms with E-state index in [1.807, 2.05) is 13.0 Å². The Labute approximate surface area is 260 Å². The van der Waals surface area contributed by atoms with E-state index in [9.17, 15) is 30.3 Å². The van der Waals surface area contributed by atoms with Crippen LogP contribution in [0.4, 0.5) is 0 Å². The van der Waals surface area contributed by atoms with Crippen molar-refractivity contribution >= 4 is 5.91 Å². The second-order valence-corrected chi connectivity index (χ2v) is 12.0. The number of carbonyl (C=O) groups excluding carboxylic acids is 1. The molecule has 1 heterocycles. The Balaban J connectivity index is 2.27. The maximum atomic E-state index is 12.2. The lowest BCUT2D eigenvalue weighted by molar-refractivity contribution is -0.302. The summed E-state index contributed by atoms with van der Waals surface area (Å²) in [5.41, 5.74) is 0. The summed E-state index contributed by atoms with van der Waals surface area (Å²) in [6.45, 7) is 3.37. The van der Waals surface area contributed by atoms with Crippen molar-refractivity contribution in [2.45, 2.75) is 172 Å². The molecule has 1 aliphatic rings. The van der Waals surface area contributed by atoms with Gasteiger partial charge in [-0.3, -0.25) is 4.79 Å². The molecule has 7 atom stereocenters. The van der Waals surface area contributed by atoms with E-state index in [-0.39, 0.29) is 18.9 Å². The number of hydrogen-bond donors (Lipinski definition) is 6. The zero-order chi connectivity index (χ0) is 31.7. The van der Waals surface area contributed by atoms with Crippen molar-refractivity contribution in [3.8, 4) is 0 Å². The minimum absolute atomic E-state index is 0.206. The van der Waals surface area contributed by atoms with Crippen LogP contribution in [0.1, 0.15) is 129 Å². The van der Waals surface area contributed by atoms with E-state index < -0.39 is 49.5 Å². The molecule has 6 N–H and O–H groups in total. The van der Waals surface area contributed by atoms with Crippen LogP contribution < -0.4 is 5.32 Å². The monoisotopic (exact) mass is 613 g/mol. The second-order valence-electron chi connectivity index (χ2n) is 12.0. The molecule has 7 unspecified atom stereocenters. The largest absolute Gasteiger partial charge is 0.394 e. The quantitative estimate of drug-likeness (QED) is 0.0601. The number of amides is 1. The number of hydrogen-bond acceptors (Lipinski definition) is 8. The average Bonchev–Trinajstić information content (AvgIpc) is 3.00. The van der Waals surface area contributed by atoms with E-state index >= 15 is 0 Å². The van der Waals surface area contributed by atoms with Crippen LogP contribution >= 0.6 is 0 Å². The summed E-state index contributed by atoms with van der Waals surface area (Å²) >= 11 is 0. The summed E-state index contributed by atoms with van der Waals surface area (Å²) in [6, 6.07) is -0.811. The third kappa shape index (κ3) is 18.3. The smallest absolute Gasteiger partial charge is 0.220 e. The molecule has 252 valence electrons. The highest BCUT2D eigenvalue weighted by molar-refractivity contribution is 5.76. The van der Waals surface area contributed by atoms with Crippen LogP contribution in [0.5, 0.6) is 0 Å². The van der Waals surface area contributed by atoms with Crippen LogP contribution in [-0.4, -0.2) is 87.5 Å². The molecule has 43 heavy (non-hydrogen) atoms. The molecule has 9 nitrogen and oxygen atoms in total. The molecular formula is C34H63NO8. The predicted octanol–water partition coefficient (Wildman–Crippen LogP) is 4.82. The zero-order valence-electron chi connectivity index (χ0n) is 27.0. The molecule has 1 fully saturated rings. The fourth-order valence-corrected chi connectivity index (χ4v) is 5.21. The molecule has 0 radical (unpaired) electrons. The number of aliphatic hydroxyl groups excluding tert-OH is 5. The summed E-state index contributed by atoms with van der Waals surface area (Å²) in [6.07, 6.45) is 21.1. The summed E-state index contributed by atoms with van der Waals surface area (Å²) in [7, 11) is 0. The lowest BCUT2D eigenvalue weighted by Gasteiger charge is -2.40. The Bertz CT molecular complexity index is 731. The Hall–Kier alpha value is -1.33. The van der Waals surface area contributed by atoms with Crippen molar-refractivity contribution in [1.29, 1.82) is 0 Å². The topological polar surface area (TPSA) is 149 Å².